The molecule has 3 amide bonds. The fraction of sp³-hybridized carbons (Fsp3) is 0.263. The summed E-state index contributed by atoms with van der Waals surface area (Å²) in [4.78, 5) is 27.1. The van der Waals surface area contributed by atoms with E-state index in [0.29, 0.717) is 5.56 Å². The van der Waals surface area contributed by atoms with E-state index in [4.69, 9.17) is 0 Å². The van der Waals surface area contributed by atoms with Crippen LogP contribution in [0.25, 0.3) is 0 Å². The number of rotatable bonds is 4. The lowest BCUT2D eigenvalue weighted by Crippen LogP contribution is -2.52. The Bertz CT molecular complexity index is 860. The van der Waals surface area contributed by atoms with Gasteiger partial charge in [0.15, 0.2) is 0 Å². The summed E-state index contributed by atoms with van der Waals surface area (Å²) in [6.07, 6.45) is 0.0932. The number of hydrogen-bond acceptors (Lipinski definition) is 2. The zero-order valence-electron chi connectivity index (χ0n) is 14.4. The molecule has 0 spiro atoms. The van der Waals surface area contributed by atoms with Crippen molar-refractivity contribution in [2.24, 2.45) is 0 Å². The molecule has 8 heteroatoms. The zero-order valence-corrected chi connectivity index (χ0v) is 14.4. The Labute approximate surface area is 154 Å². The highest BCUT2D eigenvalue weighted by Gasteiger charge is 2.27. The van der Waals surface area contributed by atoms with Crippen LogP contribution in [0, 0.1) is 17.5 Å². The van der Waals surface area contributed by atoms with Crippen LogP contribution >= 0.6 is 0 Å². The Morgan fingerprint density at radius 3 is 2.56 bits per heavy atom. The highest BCUT2D eigenvalue weighted by Crippen LogP contribution is 2.16. The second kappa shape index (κ2) is 8.11. The number of urea groups is 1. The van der Waals surface area contributed by atoms with Gasteiger partial charge in [0.2, 0.25) is 5.91 Å². The molecule has 2 aromatic carbocycles. The molecule has 0 saturated carbocycles. The maximum atomic E-state index is 13.8. The van der Waals surface area contributed by atoms with E-state index in [2.05, 4.69) is 5.32 Å². The Balaban J connectivity index is 1.61. The van der Waals surface area contributed by atoms with Crippen LogP contribution in [-0.2, 0) is 17.9 Å². The van der Waals surface area contributed by atoms with Crippen LogP contribution in [0.2, 0.25) is 0 Å². The predicted molar refractivity (Wildman–Crippen MR) is 91.7 cm³/mol. The van der Waals surface area contributed by atoms with Crippen LogP contribution in [0.1, 0.15) is 17.5 Å². The fourth-order valence-electron chi connectivity index (χ4n) is 2.83. The van der Waals surface area contributed by atoms with Gasteiger partial charge in [-0.2, -0.15) is 0 Å². The third-order valence-corrected chi connectivity index (χ3v) is 4.34. The average molecular weight is 377 g/mol. The van der Waals surface area contributed by atoms with E-state index in [0.717, 1.165) is 12.1 Å². The van der Waals surface area contributed by atoms with Gasteiger partial charge in [-0.1, -0.05) is 24.3 Å². The third kappa shape index (κ3) is 4.58. The number of nitrogens with one attached hydrogen (secondary N) is 1. The second-order valence-corrected chi connectivity index (χ2v) is 6.23. The van der Waals surface area contributed by atoms with E-state index in [-0.39, 0.29) is 44.2 Å². The minimum absolute atomic E-state index is 0.0164. The number of nitrogens with zero attached hydrogens (tertiary/aromatic N) is 2. The fourth-order valence-corrected chi connectivity index (χ4v) is 2.83. The van der Waals surface area contributed by atoms with E-state index >= 15 is 0 Å². The van der Waals surface area contributed by atoms with Crippen molar-refractivity contribution >= 4 is 11.9 Å². The monoisotopic (exact) mass is 377 g/mol. The third-order valence-electron chi connectivity index (χ3n) is 4.34. The van der Waals surface area contributed by atoms with E-state index in [1.165, 1.54) is 21.9 Å². The number of hydrogen-bond donors (Lipinski definition) is 1. The molecule has 2 aromatic rings. The van der Waals surface area contributed by atoms with Gasteiger partial charge >= 0.3 is 6.03 Å². The van der Waals surface area contributed by atoms with Crippen molar-refractivity contribution in [3.8, 4) is 0 Å². The molecule has 3 rings (SSSR count). The molecule has 0 bridgehead atoms. The maximum absolute atomic E-state index is 13.8. The summed E-state index contributed by atoms with van der Waals surface area (Å²) < 4.78 is 40.5. The van der Waals surface area contributed by atoms with Crippen LogP contribution in [0.4, 0.5) is 18.0 Å². The lowest BCUT2D eigenvalue weighted by molar-refractivity contribution is -0.137. The van der Waals surface area contributed by atoms with Crippen molar-refractivity contribution in [3.63, 3.8) is 0 Å². The quantitative estimate of drug-likeness (QED) is 0.891. The molecule has 0 atom stereocenters. The van der Waals surface area contributed by atoms with Crippen molar-refractivity contribution in [1.29, 1.82) is 0 Å². The van der Waals surface area contributed by atoms with Gasteiger partial charge in [0.25, 0.3) is 0 Å². The van der Waals surface area contributed by atoms with Gasteiger partial charge in [0.05, 0.1) is 13.2 Å². The molecule has 1 aliphatic heterocycles. The number of amides is 3. The minimum atomic E-state index is -0.746. The smallest absolute Gasteiger partial charge is 0.319 e. The molecule has 1 N–H and O–H groups in total. The zero-order chi connectivity index (χ0) is 19.4. The van der Waals surface area contributed by atoms with Crippen molar-refractivity contribution < 1.29 is 22.8 Å². The lowest BCUT2D eigenvalue weighted by Gasteiger charge is -2.35. The Kier molecular flexibility index (Phi) is 5.63. The summed E-state index contributed by atoms with van der Waals surface area (Å²) in [6.45, 7) is 0.133. The van der Waals surface area contributed by atoms with Crippen molar-refractivity contribution in [1.82, 2.24) is 15.1 Å². The molecule has 1 heterocycles. The van der Waals surface area contributed by atoms with Gasteiger partial charge in [-0.3, -0.25) is 4.79 Å². The molecule has 27 heavy (non-hydrogen) atoms. The summed E-state index contributed by atoms with van der Waals surface area (Å²) in [6, 6.07) is 8.80. The first-order valence-corrected chi connectivity index (χ1v) is 8.42. The normalized spacial score (nSPS) is 14.4. The second-order valence-electron chi connectivity index (χ2n) is 6.23. The van der Waals surface area contributed by atoms with Gasteiger partial charge in [-0.25, -0.2) is 18.0 Å². The molecule has 0 unspecified atom stereocenters. The van der Waals surface area contributed by atoms with E-state index in [9.17, 15) is 22.8 Å². The van der Waals surface area contributed by atoms with Crippen LogP contribution in [-0.4, -0.2) is 35.0 Å². The summed E-state index contributed by atoms with van der Waals surface area (Å²) in [5, 5.41) is 2.61. The predicted octanol–water partition coefficient (Wildman–Crippen LogP) is 3.01. The highest BCUT2D eigenvalue weighted by molar-refractivity contribution is 5.81. The van der Waals surface area contributed by atoms with E-state index in [1.807, 2.05) is 0 Å². The molecule has 5 nitrogen and oxygen atoms in total. The van der Waals surface area contributed by atoms with Crippen LogP contribution in [0.15, 0.2) is 42.5 Å². The van der Waals surface area contributed by atoms with Crippen LogP contribution in [0.3, 0.4) is 0 Å². The first-order chi connectivity index (χ1) is 12.9. The van der Waals surface area contributed by atoms with E-state index in [1.54, 1.807) is 18.2 Å². The summed E-state index contributed by atoms with van der Waals surface area (Å²) >= 11 is 0. The first kappa shape index (κ1) is 18.8. The number of benzene rings is 2. The van der Waals surface area contributed by atoms with Gasteiger partial charge in [-0.05, 0) is 12.1 Å². The summed E-state index contributed by atoms with van der Waals surface area (Å²) in [7, 11) is 0. The average Bonchev–Trinajstić information content (AvgIpc) is 2.64. The minimum Gasteiger partial charge on any atom is -0.334 e. The van der Waals surface area contributed by atoms with Crippen molar-refractivity contribution in [2.45, 2.75) is 19.5 Å². The summed E-state index contributed by atoms with van der Waals surface area (Å²) in [5.74, 6) is -2.09. The summed E-state index contributed by atoms with van der Waals surface area (Å²) in [5.41, 5.74) is 0.516. The molecule has 0 aliphatic carbocycles. The Morgan fingerprint density at radius 2 is 1.81 bits per heavy atom. The van der Waals surface area contributed by atoms with Crippen LogP contribution in [0.5, 0.6) is 0 Å². The molecule has 1 saturated heterocycles. The maximum Gasteiger partial charge on any atom is 0.319 e. The van der Waals surface area contributed by atoms with Gasteiger partial charge in [-0.15, -0.1) is 0 Å². The van der Waals surface area contributed by atoms with Crippen molar-refractivity contribution in [2.75, 3.05) is 13.2 Å². The molecule has 0 radical (unpaired) electrons. The van der Waals surface area contributed by atoms with E-state index < -0.39 is 23.5 Å². The number of halogens is 3. The van der Waals surface area contributed by atoms with Gasteiger partial charge in [0, 0.05) is 36.7 Å². The molecule has 0 aromatic heterocycles. The Hall–Kier alpha value is -3.03. The highest BCUT2D eigenvalue weighted by atomic mass is 19.1. The first-order valence-electron chi connectivity index (χ1n) is 8.42. The molecular formula is C19H18F3N3O2. The lowest BCUT2D eigenvalue weighted by atomic mass is 10.1. The van der Waals surface area contributed by atoms with Gasteiger partial charge < -0.3 is 15.1 Å². The standard InChI is InChI=1S/C19H18F3N3O2/c20-15-6-5-14(17(22)9-15)11-25-12-24(8-7-18(25)26)19(27)23-10-13-3-1-2-4-16(13)21/h1-6,9H,7-8,10-12H2,(H,23,27). The molecular weight excluding hydrogens is 359 g/mol. The molecule has 1 fully saturated rings. The SMILES string of the molecule is O=C1CCN(C(=O)NCc2ccccc2F)CN1Cc1ccc(F)cc1F. The topological polar surface area (TPSA) is 52.7 Å². The molecule has 1 aliphatic rings. The van der Waals surface area contributed by atoms with Gasteiger partial charge in [0.1, 0.15) is 17.5 Å². The number of carbonyl (C=O) groups is 2. The largest absolute Gasteiger partial charge is 0.334 e. The van der Waals surface area contributed by atoms with Crippen LogP contribution < -0.4 is 5.32 Å². The molecule has 142 valence electrons. The number of carbonyl (C=O) groups excluding carboxylic acids is 2. The van der Waals surface area contributed by atoms with Crippen molar-refractivity contribution in [3.05, 3.63) is 71.0 Å². The Morgan fingerprint density at radius 1 is 1.04 bits per heavy atom.